The molecule has 5 nitrogen and oxygen atoms in total. The molecule has 0 heterocycles. The summed E-state index contributed by atoms with van der Waals surface area (Å²) in [6, 6.07) is 12.6. The number of amides is 1. The molecular weight excluding hydrogens is 374 g/mol. The van der Waals surface area contributed by atoms with Crippen molar-refractivity contribution in [2.45, 2.75) is 13.3 Å². The Hall–Kier alpha value is -2.34. The van der Waals surface area contributed by atoms with Gasteiger partial charge >= 0.3 is 5.97 Å². The number of carbonyl (C=O) groups is 2. The van der Waals surface area contributed by atoms with Crippen molar-refractivity contribution in [3.05, 3.63) is 58.1 Å². The maximum atomic E-state index is 11.9. The van der Waals surface area contributed by atoms with Gasteiger partial charge in [-0.3, -0.25) is 9.59 Å². The first kappa shape index (κ1) is 18.0. The number of anilines is 1. The number of carbonyl (C=O) groups excluding carboxylic acids is 2. The van der Waals surface area contributed by atoms with E-state index in [9.17, 15) is 9.59 Å². The highest BCUT2D eigenvalue weighted by molar-refractivity contribution is 9.10. The van der Waals surface area contributed by atoms with Gasteiger partial charge in [-0.05, 0) is 36.8 Å². The number of halogens is 1. The Bertz CT molecular complexity index is 746. The van der Waals surface area contributed by atoms with E-state index in [0.29, 0.717) is 17.0 Å². The lowest BCUT2D eigenvalue weighted by Gasteiger charge is -2.09. The van der Waals surface area contributed by atoms with E-state index in [0.717, 1.165) is 10.0 Å². The van der Waals surface area contributed by atoms with Gasteiger partial charge in [-0.15, -0.1) is 0 Å². The van der Waals surface area contributed by atoms with Crippen LogP contribution < -0.4 is 10.1 Å². The molecule has 0 saturated heterocycles. The summed E-state index contributed by atoms with van der Waals surface area (Å²) in [7, 11) is 1.54. The molecule has 0 saturated carbocycles. The monoisotopic (exact) mass is 391 g/mol. The SMILES string of the molecule is COc1ccccc1CC(=O)OCC(=O)Nc1ccc(Br)c(C)c1. The number of methoxy groups -OCH3 is 1. The number of hydrogen-bond acceptors (Lipinski definition) is 4. The van der Waals surface area contributed by atoms with Gasteiger partial charge in [-0.2, -0.15) is 0 Å². The molecule has 24 heavy (non-hydrogen) atoms. The molecular formula is C18H18BrNO4. The van der Waals surface area contributed by atoms with E-state index in [-0.39, 0.29) is 18.9 Å². The molecule has 0 aliphatic rings. The molecule has 2 aromatic carbocycles. The highest BCUT2D eigenvalue weighted by atomic mass is 79.9. The summed E-state index contributed by atoms with van der Waals surface area (Å²) in [4.78, 5) is 23.7. The lowest BCUT2D eigenvalue weighted by atomic mass is 10.1. The molecule has 2 aromatic rings. The van der Waals surface area contributed by atoms with Gasteiger partial charge < -0.3 is 14.8 Å². The molecule has 126 valence electrons. The molecule has 0 aliphatic heterocycles. The van der Waals surface area contributed by atoms with Gasteiger partial charge in [0.2, 0.25) is 0 Å². The van der Waals surface area contributed by atoms with E-state index in [1.807, 2.05) is 31.2 Å². The number of esters is 1. The maximum absolute atomic E-state index is 11.9. The molecule has 1 amide bonds. The highest BCUT2D eigenvalue weighted by Gasteiger charge is 2.12. The lowest BCUT2D eigenvalue weighted by Crippen LogP contribution is -2.21. The minimum Gasteiger partial charge on any atom is -0.496 e. The van der Waals surface area contributed by atoms with Gasteiger partial charge in [0.1, 0.15) is 5.75 Å². The van der Waals surface area contributed by atoms with Crippen molar-refractivity contribution in [3.63, 3.8) is 0 Å². The minimum absolute atomic E-state index is 0.0503. The van der Waals surface area contributed by atoms with E-state index in [1.54, 1.807) is 18.2 Å². The number of rotatable bonds is 6. The Kier molecular flexibility index (Phi) is 6.37. The Labute approximate surface area is 149 Å². The first-order valence-electron chi connectivity index (χ1n) is 7.33. The van der Waals surface area contributed by atoms with Crippen molar-refractivity contribution in [1.29, 1.82) is 0 Å². The van der Waals surface area contributed by atoms with Crippen LogP contribution in [0.4, 0.5) is 5.69 Å². The molecule has 6 heteroatoms. The van der Waals surface area contributed by atoms with Crippen molar-refractivity contribution in [1.82, 2.24) is 0 Å². The van der Waals surface area contributed by atoms with Gasteiger partial charge in [0.15, 0.2) is 6.61 Å². The second kappa shape index (κ2) is 8.49. The third-order valence-electron chi connectivity index (χ3n) is 3.33. The summed E-state index contributed by atoms with van der Waals surface area (Å²) in [6.45, 7) is 1.59. The highest BCUT2D eigenvalue weighted by Crippen LogP contribution is 2.20. The summed E-state index contributed by atoms with van der Waals surface area (Å²) < 4.78 is 11.2. The number of nitrogens with one attached hydrogen (secondary N) is 1. The number of ether oxygens (including phenoxy) is 2. The van der Waals surface area contributed by atoms with Crippen molar-refractivity contribution in [2.24, 2.45) is 0 Å². The first-order valence-corrected chi connectivity index (χ1v) is 8.12. The minimum atomic E-state index is -0.485. The molecule has 1 N–H and O–H groups in total. The quantitative estimate of drug-likeness (QED) is 0.765. The second-order valence-corrected chi connectivity index (χ2v) is 6.02. The maximum Gasteiger partial charge on any atom is 0.310 e. The zero-order valence-electron chi connectivity index (χ0n) is 13.5. The summed E-state index contributed by atoms with van der Waals surface area (Å²) in [6.07, 6.45) is 0.0503. The Morgan fingerprint density at radius 2 is 1.92 bits per heavy atom. The van der Waals surface area contributed by atoms with E-state index in [4.69, 9.17) is 9.47 Å². The summed E-state index contributed by atoms with van der Waals surface area (Å²) in [5.74, 6) is -0.254. The molecule has 0 atom stereocenters. The van der Waals surface area contributed by atoms with Crippen LogP contribution in [0.5, 0.6) is 5.75 Å². The van der Waals surface area contributed by atoms with E-state index < -0.39 is 5.97 Å². The van der Waals surface area contributed by atoms with Crippen LogP contribution in [-0.2, 0) is 20.7 Å². The van der Waals surface area contributed by atoms with Gasteiger partial charge in [-0.25, -0.2) is 0 Å². The second-order valence-electron chi connectivity index (χ2n) is 5.16. The fourth-order valence-electron chi connectivity index (χ4n) is 2.12. The molecule has 2 rings (SSSR count). The Morgan fingerprint density at radius 3 is 2.62 bits per heavy atom. The molecule has 0 aliphatic carbocycles. The normalized spacial score (nSPS) is 10.1. The summed E-state index contributed by atoms with van der Waals surface area (Å²) in [5.41, 5.74) is 2.37. The average molecular weight is 392 g/mol. The van der Waals surface area contributed by atoms with Crippen LogP contribution in [0.2, 0.25) is 0 Å². The molecule has 0 fully saturated rings. The van der Waals surface area contributed by atoms with E-state index >= 15 is 0 Å². The van der Waals surface area contributed by atoms with Gasteiger partial charge in [0, 0.05) is 15.7 Å². The smallest absolute Gasteiger partial charge is 0.310 e. The molecule has 0 aromatic heterocycles. The summed E-state index contributed by atoms with van der Waals surface area (Å²) in [5, 5.41) is 2.69. The third-order valence-corrected chi connectivity index (χ3v) is 4.22. The van der Waals surface area contributed by atoms with Crippen LogP contribution in [0, 0.1) is 6.92 Å². The van der Waals surface area contributed by atoms with Gasteiger partial charge in [-0.1, -0.05) is 34.1 Å². The largest absolute Gasteiger partial charge is 0.496 e. The van der Waals surface area contributed by atoms with Crippen LogP contribution in [0.1, 0.15) is 11.1 Å². The third kappa shape index (κ3) is 5.09. The number of benzene rings is 2. The van der Waals surface area contributed by atoms with Crippen LogP contribution in [0.15, 0.2) is 46.9 Å². The van der Waals surface area contributed by atoms with Gasteiger partial charge in [0.25, 0.3) is 5.91 Å². The zero-order valence-corrected chi connectivity index (χ0v) is 15.1. The predicted molar refractivity (Wildman–Crippen MR) is 95.2 cm³/mol. The van der Waals surface area contributed by atoms with E-state index in [1.165, 1.54) is 7.11 Å². The predicted octanol–water partition coefficient (Wildman–Crippen LogP) is 3.49. The Morgan fingerprint density at radius 1 is 1.17 bits per heavy atom. The van der Waals surface area contributed by atoms with E-state index in [2.05, 4.69) is 21.2 Å². The fourth-order valence-corrected chi connectivity index (χ4v) is 2.37. The number of aryl methyl sites for hydroxylation is 1. The fraction of sp³-hybridized carbons (Fsp3) is 0.222. The summed E-state index contributed by atoms with van der Waals surface area (Å²) >= 11 is 3.40. The standard InChI is InChI=1S/C18H18BrNO4/c1-12-9-14(7-8-15(12)19)20-17(21)11-24-18(22)10-13-5-3-4-6-16(13)23-2/h3-9H,10-11H2,1-2H3,(H,20,21). The molecule has 0 unspecified atom stereocenters. The molecule has 0 radical (unpaired) electrons. The van der Waals surface area contributed by atoms with Crippen LogP contribution in [0.3, 0.4) is 0 Å². The van der Waals surface area contributed by atoms with Gasteiger partial charge in [0.05, 0.1) is 13.5 Å². The topological polar surface area (TPSA) is 64.6 Å². The Balaban J connectivity index is 1.84. The number of para-hydroxylation sites is 1. The average Bonchev–Trinajstić information content (AvgIpc) is 2.57. The zero-order chi connectivity index (χ0) is 17.5. The van der Waals surface area contributed by atoms with Crippen molar-refractivity contribution in [2.75, 3.05) is 19.0 Å². The molecule has 0 spiro atoms. The lowest BCUT2D eigenvalue weighted by molar-refractivity contribution is -0.146. The van der Waals surface area contributed by atoms with Crippen molar-refractivity contribution >= 4 is 33.5 Å². The van der Waals surface area contributed by atoms with Crippen molar-refractivity contribution in [3.8, 4) is 5.75 Å². The first-order chi connectivity index (χ1) is 11.5. The van der Waals surface area contributed by atoms with Crippen LogP contribution in [-0.4, -0.2) is 25.6 Å². The van der Waals surface area contributed by atoms with Crippen LogP contribution in [0.25, 0.3) is 0 Å². The molecule has 0 bridgehead atoms. The van der Waals surface area contributed by atoms with Crippen LogP contribution >= 0.6 is 15.9 Å². The van der Waals surface area contributed by atoms with Crippen molar-refractivity contribution < 1.29 is 19.1 Å². The number of hydrogen-bond donors (Lipinski definition) is 1.